The highest BCUT2D eigenvalue weighted by Crippen LogP contribution is 2.29. The lowest BCUT2D eigenvalue weighted by atomic mass is 10.2. The fraction of sp³-hybridized carbons (Fsp3) is 0.385. The first-order valence-electron chi connectivity index (χ1n) is 6.39. The maximum absolute atomic E-state index is 11.3. The Morgan fingerprint density at radius 3 is 2.68 bits per heavy atom. The minimum atomic E-state index is -3.21. The van der Waals surface area contributed by atoms with E-state index in [1.165, 1.54) is 11.4 Å². The van der Waals surface area contributed by atoms with Crippen molar-refractivity contribution < 1.29 is 17.6 Å². The first-order chi connectivity index (χ1) is 10.3. The van der Waals surface area contributed by atoms with Crippen LogP contribution in [-0.4, -0.2) is 49.9 Å². The standard InChI is InChI=1S/C13H16BrN3O4S/c1-17(22(3,18)19)7-6-12-15-16-13(21-12)9-4-5-11(20-2)10(14)8-9/h4-5,8H,6-7H2,1-3H3. The Bertz CT molecular complexity index is 760. The van der Waals surface area contributed by atoms with Gasteiger partial charge in [-0.3, -0.25) is 0 Å². The van der Waals surface area contributed by atoms with E-state index in [-0.39, 0.29) is 6.54 Å². The second-order valence-corrected chi connectivity index (χ2v) is 7.63. The van der Waals surface area contributed by atoms with E-state index >= 15 is 0 Å². The quantitative estimate of drug-likeness (QED) is 0.750. The molecule has 2 aromatic rings. The van der Waals surface area contributed by atoms with Gasteiger partial charge in [0.05, 0.1) is 17.8 Å². The van der Waals surface area contributed by atoms with Gasteiger partial charge in [0.15, 0.2) is 0 Å². The van der Waals surface area contributed by atoms with Crippen LogP contribution >= 0.6 is 15.9 Å². The molecule has 0 saturated heterocycles. The molecule has 1 heterocycles. The van der Waals surface area contributed by atoms with E-state index in [0.717, 1.165) is 16.3 Å². The fourth-order valence-corrected chi connectivity index (χ4v) is 2.65. The van der Waals surface area contributed by atoms with Crippen LogP contribution < -0.4 is 4.74 Å². The van der Waals surface area contributed by atoms with Gasteiger partial charge in [0, 0.05) is 25.6 Å². The Labute approximate surface area is 137 Å². The van der Waals surface area contributed by atoms with E-state index < -0.39 is 10.0 Å². The van der Waals surface area contributed by atoms with Gasteiger partial charge in [0.2, 0.25) is 21.8 Å². The summed E-state index contributed by atoms with van der Waals surface area (Å²) in [5, 5.41) is 7.91. The second kappa shape index (κ2) is 6.76. The van der Waals surface area contributed by atoms with Gasteiger partial charge in [-0.05, 0) is 34.1 Å². The molecule has 0 aliphatic carbocycles. The van der Waals surface area contributed by atoms with Gasteiger partial charge in [0.25, 0.3) is 0 Å². The number of hydrogen-bond acceptors (Lipinski definition) is 6. The van der Waals surface area contributed by atoms with Crippen LogP contribution in [0.5, 0.6) is 5.75 Å². The molecule has 0 bridgehead atoms. The molecule has 0 amide bonds. The number of aromatic nitrogens is 2. The van der Waals surface area contributed by atoms with Crippen molar-refractivity contribution in [2.75, 3.05) is 27.0 Å². The Balaban J connectivity index is 2.10. The van der Waals surface area contributed by atoms with Gasteiger partial charge in [-0.25, -0.2) is 12.7 Å². The van der Waals surface area contributed by atoms with Gasteiger partial charge in [-0.15, -0.1) is 10.2 Å². The summed E-state index contributed by atoms with van der Waals surface area (Å²) in [6, 6.07) is 5.42. The van der Waals surface area contributed by atoms with E-state index in [1.807, 2.05) is 12.1 Å². The topological polar surface area (TPSA) is 85.5 Å². The van der Waals surface area contributed by atoms with E-state index in [4.69, 9.17) is 9.15 Å². The smallest absolute Gasteiger partial charge is 0.247 e. The van der Waals surface area contributed by atoms with Crippen molar-refractivity contribution in [1.82, 2.24) is 14.5 Å². The van der Waals surface area contributed by atoms with E-state index in [9.17, 15) is 8.42 Å². The van der Waals surface area contributed by atoms with Crippen molar-refractivity contribution in [1.29, 1.82) is 0 Å². The molecule has 7 nitrogen and oxygen atoms in total. The molecule has 120 valence electrons. The van der Waals surface area contributed by atoms with E-state index in [1.54, 1.807) is 13.2 Å². The molecule has 0 spiro atoms. The van der Waals surface area contributed by atoms with Gasteiger partial charge >= 0.3 is 0 Å². The zero-order valence-corrected chi connectivity index (χ0v) is 14.8. The van der Waals surface area contributed by atoms with Crippen LogP contribution in [0.1, 0.15) is 5.89 Å². The van der Waals surface area contributed by atoms with E-state index in [0.29, 0.717) is 24.0 Å². The lowest BCUT2D eigenvalue weighted by Crippen LogP contribution is -2.27. The maximum Gasteiger partial charge on any atom is 0.247 e. The average molecular weight is 390 g/mol. The monoisotopic (exact) mass is 389 g/mol. The zero-order chi connectivity index (χ0) is 16.3. The average Bonchev–Trinajstić information content (AvgIpc) is 2.92. The molecule has 1 aromatic carbocycles. The number of hydrogen-bond donors (Lipinski definition) is 0. The van der Waals surface area contributed by atoms with Gasteiger partial charge in [-0.1, -0.05) is 0 Å². The zero-order valence-electron chi connectivity index (χ0n) is 12.4. The molecule has 0 N–H and O–H groups in total. The van der Waals surface area contributed by atoms with Gasteiger partial charge < -0.3 is 9.15 Å². The number of sulfonamides is 1. The molecule has 0 fully saturated rings. The van der Waals surface area contributed by atoms with Crippen molar-refractivity contribution >= 4 is 26.0 Å². The maximum atomic E-state index is 11.3. The lowest BCUT2D eigenvalue weighted by Gasteiger charge is -2.11. The molecule has 9 heteroatoms. The van der Waals surface area contributed by atoms with Crippen molar-refractivity contribution in [2.24, 2.45) is 0 Å². The minimum Gasteiger partial charge on any atom is -0.496 e. The molecule has 0 unspecified atom stereocenters. The molecule has 0 atom stereocenters. The summed E-state index contributed by atoms with van der Waals surface area (Å²) in [5.41, 5.74) is 0.753. The molecule has 0 saturated carbocycles. The molecule has 0 radical (unpaired) electrons. The molecular weight excluding hydrogens is 374 g/mol. The van der Waals surface area contributed by atoms with Crippen LogP contribution in [0.3, 0.4) is 0 Å². The van der Waals surface area contributed by atoms with Crippen LogP contribution in [0.15, 0.2) is 27.1 Å². The van der Waals surface area contributed by atoms with Crippen molar-refractivity contribution in [3.05, 3.63) is 28.6 Å². The summed E-state index contributed by atoms with van der Waals surface area (Å²) in [6.07, 6.45) is 1.51. The number of nitrogens with zero attached hydrogens (tertiary/aromatic N) is 3. The summed E-state index contributed by atoms with van der Waals surface area (Å²) in [7, 11) is -0.115. The molecule has 0 aliphatic heterocycles. The van der Waals surface area contributed by atoms with Crippen LogP contribution in [0.4, 0.5) is 0 Å². The highest BCUT2D eigenvalue weighted by molar-refractivity contribution is 9.10. The molecule has 2 rings (SSSR count). The number of ether oxygens (including phenoxy) is 1. The third-order valence-corrected chi connectivity index (χ3v) is 5.01. The van der Waals surface area contributed by atoms with Crippen molar-refractivity contribution in [3.8, 4) is 17.2 Å². The highest BCUT2D eigenvalue weighted by Gasteiger charge is 2.14. The van der Waals surface area contributed by atoms with E-state index in [2.05, 4.69) is 26.1 Å². The normalized spacial score (nSPS) is 11.9. The number of rotatable bonds is 6. The second-order valence-electron chi connectivity index (χ2n) is 4.68. The third kappa shape index (κ3) is 4.05. The molecular formula is C13H16BrN3O4S. The Kier molecular flexibility index (Phi) is 5.20. The summed E-state index contributed by atoms with van der Waals surface area (Å²) in [5.74, 6) is 1.47. The van der Waals surface area contributed by atoms with Crippen molar-refractivity contribution in [2.45, 2.75) is 6.42 Å². The molecule has 22 heavy (non-hydrogen) atoms. The van der Waals surface area contributed by atoms with Crippen LogP contribution in [0.25, 0.3) is 11.5 Å². The summed E-state index contributed by atoms with van der Waals surface area (Å²) in [6.45, 7) is 0.284. The molecule has 1 aromatic heterocycles. The lowest BCUT2D eigenvalue weighted by molar-refractivity contribution is 0.412. The minimum absolute atomic E-state index is 0.284. The number of methoxy groups -OCH3 is 1. The number of halogens is 1. The SMILES string of the molecule is COc1ccc(-c2nnc(CCN(C)S(C)(=O)=O)o2)cc1Br. The number of benzene rings is 1. The van der Waals surface area contributed by atoms with Gasteiger partial charge in [0.1, 0.15) is 5.75 Å². The summed E-state index contributed by atoms with van der Waals surface area (Å²) in [4.78, 5) is 0. The fourth-order valence-electron chi connectivity index (χ4n) is 1.69. The third-order valence-electron chi connectivity index (χ3n) is 3.07. The van der Waals surface area contributed by atoms with Gasteiger partial charge in [-0.2, -0.15) is 0 Å². The van der Waals surface area contributed by atoms with Crippen LogP contribution in [0.2, 0.25) is 0 Å². The predicted octanol–water partition coefficient (Wildman–Crippen LogP) is 1.94. The molecule has 0 aliphatic rings. The summed E-state index contributed by atoms with van der Waals surface area (Å²) >= 11 is 3.39. The number of likely N-dealkylation sites (N-methyl/N-ethyl adjacent to an activating group) is 1. The first kappa shape index (κ1) is 16.9. The first-order valence-corrected chi connectivity index (χ1v) is 9.03. The Morgan fingerprint density at radius 1 is 1.36 bits per heavy atom. The largest absolute Gasteiger partial charge is 0.496 e. The van der Waals surface area contributed by atoms with Crippen molar-refractivity contribution in [3.63, 3.8) is 0 Å². The van der Waals surface area contributed by atoms with Crippen LogP contribution in [-0.2, 0) is 16.4 Å². The summed E-state index contributed by atoms with van der Waals surface area (Å²) < 4.78 is 35.4. The predicted molar refractivity (Wildman–Crippen MR) is 85.2 cm³/mol. The van der Waals surface area contributed by atoms with Crippen LogP contribution in [0, 0.1) is 0 Å². The Morgan fingerprint density at radius 2 is 2.09 bits per heavy atom. The highest BCUT2D eigenvalue weighted by atomic mass is 79.9. The Hall–Kier alpha value is -1.45.